The van der Waals surface area contributed by atoms with Crippen LogP contribution in [0.15, 0.2) is 18.2 Å². The van der Waals surface area contributed by atoms with E-state index in [9.17, 15) is 4.39 Å². The van der Waals surface area contributed by atoms with Crippen LogP contribution in [0.2, 0.25) is 0 Å². The minimum atomic E-state index is -0.364. The molecule has 2 rings (SSSR count). The Hall–Kier alpha value is -1.13. The van der Waals surface area contributed by atoms with Gasteiger partial charge in [-0.15, -0.1) is 0 Å². The van der Waals surface area contributed by atoms with Crippen molar-refractivity contribution >= 4 is 0 Å². The van der Waals surface area contributed by atoms with Gasteiger partial charge in [0, 0.05) is 11.6 Å². The first-order valence-electron chi connectivity index (χ1n) is 4.97. The number of para-hydroxylation sites is 1. The van der Waals surface area contributed by atoms with E-state index in [1.807, 2.05) is 0 Å². The molecular formula is C11H14FNO2. The number of benzene rings is 1. The molecule has 2 N–H and O–H groups in total. The number of hydrogen-bond donors (Lipinski definition) is 1. The molecule has 1 aromatic rings. The van der Waals surface area contributed by atoms with Crippen molar-refractivity contribution in [2.75, 3.05) is 13.2 Å². The smallest absolute Gasteiger partial charge is 0.165 e. The molecule has 0 bridgehead atoms. The SMILES string of the molecule is C[C@H](N)c1cccc(F)c1OC1COC1. The van der Waals surface area contributed by atoms with Gasteiger partial charge < -0.3 is 15.2 Å². The molecule has 0 saturated carbocycles. The lowest BCUT2D eigenvalue weighted by atomic mass is 10.1. The highest BCUT2D eigenvalue weighted by Crippen LogP contribution is 2.28. The number of hydrogen-bond acceptors (Lipinski definition) is 3. The summed E-state index contributed by atoms with van der Waals surface area (Å²) in [5.41, 5.74) is 6.44. The molecule has 1 atom stereocenters. The van der Waals surface area contributed by atoms with Crippen molar-refractivity contribution in [1.82, 2.24) is 0 Å². The van der Waals surface area contributed by atoms with Gasteiger partial charge in [0.25, 0.3) is 0 Å². The first-order chi connectivity index (χ1) is 7.18. The van der Waals surface area contributed by atoms with Crippen LogP contribution < -0.4 is 10.5 Å². The third kappa shape index (κ3) is 2.11. The molecule has 1 aliphatic heterocycles. The van der Waals surface area contributed by atoms with Crippen molar-refractivity contribution in [1.29, 1.82) is 0 Å². The third-order valence-corrected chi connectivity index (χ3v) is 2.38. The molecule has 0 amide bonds. The van der Waals surface area contributed by atoms with E-state index in [2.05, 4.69) is 0 Å². The van der Waals surface area contributed by atoms with E-state index >= 15 is 0 Å². The Labute approximate surface area is 88.0 Å². The fourth-order valence-electron chi connectivity index (χ4n) is 1.46. The molecule has 0 aromatic heterocycles. The first-order valence-corrected chi connectivity index (χ1v) is 4.97. The van der Waals surface area contributed by atoms with Crippen molar-refractivity contribution in [2.24, 2.45) is 5.73 Å². The van der Waals surface area contributed by atoms with Crippen LogP contribution in [0.25, 0.3) is 0 Å². The van der Waals surface area contributed by atoms with E-state index in [1.165, 1.54) is 6.07 Å². The Morgan fingerprint density at radius 1 is 1.53 bits per heavy atom. The van der Waals surface area contributed by atoms with Crippen LogP contribution in [0.1, 0.15) is 18.5 Å². The summed E-state index contributed by atoms with van der Waals surface area (Å²) in [5, 5.41) is 0. The number of rotatable bonds is 3. The first kappa shape index (κ1) is 10.4. The van der Waals surface area contributed by atoms with E-state index in [0.717, 1.165) is 0 Å². The molecule has 1 saturated heterocycles. The molecule has 1 aromatic carbocycles. The van der Waals surface area contributed by atoms with Crippen LogP contribution in [-0.2, 0) is 4.74 Å². The Morgan fingerprint density at radius 3 is 2.80 bits per heavy atom. The molecule has 3 nitrogen and oxygen atoms in total. The molecule has 0 spiro atoms. The number of halogens is 1. The molecular weight excluding hydrogens is 197 g/mol. The average Bonchev–Trinajstić information content (AvgIpc) is 2.12. The van der Waals surface area contributed by atoms with Gasteiger partial charge in [-0.1, -0.05) is 12.1 Å². The largest absolute Gasteiger partial charge is 0.482 e. The zero-order chi connectivity index (χ0) is 10.8. The fourth-order valence-corrected chi connectivity index (χ4v) is 1.46. The molecule has 0 unspecified atom stereocenters. The summed E-state index contributed by atoms with van der Waals surface area (Å²) in [6, 6.07) is 4.55. The predicted octanol–water partition coefficient (Wildman–Crippen LogP) is 1.62. The molecule has 1 aliphatic rings. The van der Waals surface area contributed by atoms with Gasteiger partial charge in [-0.2, -0.15) is 0 Å². The van der Waals surface area contributed by atoms with Crippen molar-refractivity contribution < 1.29 is 13.9 Å². The minimum Gasteiger partial charge on any atom is -0.482 e. The normalized spacial score (nSPS) is 18.3. The lowest BCUT2D eigenvalue weighted by Gasteiger charge is -2.28. The highest BCUT2D eigenvalue weighted by atomic mass is 19.1. The van der Waals surface area contributed by atoms with Crippen molar-refractivity contribution in [3.63, 3.8) is 0 Å². The van der Waals surface area contributed by atoms with Gasteiger partial charge in [0.1, 0.15) is 6.10 Å². The second-order valence-corrected chi connectivity index (χ2v) is 3.72. The van der Waals surface area contributed by atoms with Crippen LogP contribution in [0.5, 0.6) is 5.75 Å². The molecule has 0 aliphatic carbocycles. The summed E-state index contributed by atoms with van der Waals surface area (Å²) in [7, 11) is 0. The van der Waals surface area contributed by atoms with E-state index < -0.39 is 0 Å². The maximum absolute atomic E-state index is 13.5. The second kappa shape index (κ2) is 4.16. The average molecular weight is 211 g/mol. The summed E-state index contributed by atoms with van der Waals surface area (Å²) in [6.07, 6.45) is -0.0422. The molecule has 0 radical (unpaired) electrons. The topological polar surface area (TPSA) is 44.5 Å². The highest BCUT2D eigenvalue weighted by Gasteiger charge is 2.23. The quantitative estimate of drug-likeness (QED) is 0.826. The van der Waals surface area contributed by atoms with E-state index in [0.29, 0.717) is 18.8 Å². The van der Waals surface area contributed by atoms with Gasteiger partial charge in [0.2, 0.25) is 0 Å². The molecule has 4 heteroatoms. The number of ether oxygens (including phenoxy) is 2. The molecule has 1 heterocycles. The summed E-state index contributed by atoms with van der Waals surface area (Å²) in [5.74, 6) is -0.0995. The summed E-state index contributed by atoms with van der Waals surface area (Å²) in [6.45, 7) is 2.85. The van der Waals surface area contributed by atoms with Crippen LogP contribution in [-0.4, -0.2) is 19.3 Å². The Morgan fingerprint density at radius 2 is 2.27 bits per heavy atom. The van der Waals surface area contributed by atoms with Crippen molar-refractivity contribution in [2.45, 2.75) is 19.1 Å². The van der Waals surface area contributed by atoms with Crippen molar-refractivity contribution in [3.8, 4) is 5.75 Å². The van der Waals surface area contributed by atoms with Crippen LogP contribution >= 0.6 is 0 Å². The van der Waals surface area contributed by atoms with E-state index in [1.54, 1.807) is 19.1 Å². The van der Waals surface area contributed by atoms with Gasteiger partial charge in [-0.25, -0.2) is 4.39 Å². The standard InChI is InChI=1S/C11H14FNO2/c1-7(13)9-3-2-4-10(12)11(9)15-8-5-14-6-8/h2-4,7-8H,5-6,13H2,1H3/t7-/m0/s1. The molecule has 15 heavy (non-hydrogen) atoms. The Kier molecular flexibility index (Phi) is 2.88. The maximum Gasteiger partial charge on any atom is 0.165 e. The Bertz CT molecular complexity index is 350. The van der Waals surface area contributed by atoms with Crippen LogP contribution in [0.4, 0.5) is 4.39 Å². The summed E-state index contributed by atoms with van der Waals surface area (Å²) < 4.78 is 24.0. The van der Waals surface area contributed by atoms with Gasteiger partial charge >= 0.3 is 0 Å². The van der Waals surface area contributed by atoms with Crippen molar-refractivity contribution in [3.05, 3.63) is 29.6 Å². The Balaban J connectivity index is 2.25. The van der Waals surface area contributed by atoms with E-state index in [-0.39, 0.29) is 23.7 Å². The summed E-state index contributed by atoms with van der Waals surface area (Å²) in [4.78, 5) is 0. The molecule has 82 valence electrons. The second-order valence-electron chi connectivity index (χ2n) is 3.72. The predicted molar refractivity (Wildman–Crippen MR) is 54.2 cm³/mol. The lowest BCUT2D eigenvalue weighted by molar-refractivity contribution is -0.0813. The van der Waals surface area contributed by atoms with Gasteiger partial charge in [-0.3, -0.25) is 0 Å². The molecule has 1 fully saturated rings. The van der Waals surface area contributed by atoms with Crippen LogP contribution in [0, 0.1) is 5.82 Å². The minimum absolute atomic E-state index is 0.0422. The fraction of sp³-hybridized carbons (Fsp3) is 0.455. The van der Waals surface area contributed by atoms with Gasteiger partial charge in [0.15, 0.2) is 11.6 Å². The van der Waals surface area contributed by atoms with Gasteiger partial charge in [-0.05, 0) is 13.0 Å². The highest BCUT2D eigenvalue weighted by molar-refractivity contribution is 5.37. The lowest BCUT2D eigenvalue weighted by Crippen LogP contribution is -2.39. The third-order valence-electron chi connectivity index (χ3n) is 2.38. The zero-order valence-corrected chi connectivity index (χ0v) is 8.57. The zero-order valence-electron chi connectivity index (χ0n) is 8.57. The monoisotopic (exact) mass is 211 g/mol. The maximum atomic E-state index is 13.5. The van der Waals surface area contributed by atoms with Crippen LogP contribution in [0.3, 0.4) is 0 Å². The number of nitrogens with two attached hydrogens (primary N) is 1. The van der Waals surface area contributed by atoms with Gasteiger partial charge in [0.05, 0.1) is 13.2 Å². The van der Waals surface area contributed by atoms with E-state index in [4.69, 9.17) is 15.2 Å². The summed E-state index contributed by atoms with van der Waals surface area (Å²) >= 11 is 0.